The Morgan fingerprint density at radius 2 is 2.43 bits per heavy atom. The third-order valence-electron chi connectivity index (χ3n) is 2.28. The van der Waals surface area contributed by atoms with E-state index in [2.05, 4.69) is 30.1 Å². The fraction of sp³-hybridized carbons (Fsp3) is 0.417. The number of terminal acetylenes is 1. The highest BCUT2D eigenvalue weighted by Crippen LogP contribution is 2.04. The van der Waals surface area contributed by atoms with Crippen molar-refractivity contribution in [1.82, 2.24) is 10.3 Å². The van der Waals surface area contributed by atoms with E-state index < -0.39 is 0 Å². The van der Waals surface area contributed by atoms with Crippen molar-refractivity contribution in [2.24, 2.45) is 0 Å². The number of pyridine rings is 1. The minimum atomic E-state index is 0.169. The van der Waals surface area contributed by atoms with E-state index in [1.165, 1.54) is 11.1 Å². The summed E-state index contributed by atoms with van der Waals surface area (Å²) in [7, 11) is 0. The van der Waals surface area contributed by atoms with Crippen LogP contribution in [0.5, 0.6) is 0 Å². The Balaban J connectivity index is 2.54. The van der Waals surface area contributed by atoms with E-state index in [0.717, 1.165) is 13.0 Å². The van der Waals surface area contributed by atoms with Crippen LogP contribution in [-0.2, 0) is 6.54 Å². The highest BCUT2D eigenvalue weighted by molar-refractivity contribution is 5.21. The van der Waals surface area contributed by atoms with Crippen molar-refractivity contribution >= 4 is 0 Å². The molecule has 2 nitrogen and oxygen atoms in total. The van der Waals surface area contributed by atoms with Crippen LogP contribution in [0.15, 0.2) is 18.5 Å². The number of nitrogens with zero attached hydrogens (tertiary/aromatic N) is 1. The van der Waals surface area contributed by atoms with Gasteiger partial charge in [-0.2, -0.15) is 0 Å². The number of aryl methyl sites for hydroxylation is 1. The van der Waals surface area contributed by atoms with E-state index in [0.29, 0.717) is 0 Å². The van der Waals surface area contributed by atoms with Crippen LogP contribution in [0.2, 0.25) is 0 Å². The van der Waals surface area contributed by atoms with Gasteiger partial charge in [0.1, 0.15) is 0 Å². The maximum absolute atomic E-state index is 5.36. The van der Waals surface area contributed by atoms with Crippen molar-refractivity contribution in [3.05, 3.63) is 29.6 Å². The summed E-state index contributed by atoms with van der Waals surface area (Å²) < 4.78 is 0. The molecular formula is C12H16N2. The van der Waals surface area contributed by atoms with Gasteiger partial charge in [0.2, 0.25) is 0 Å². The molecule has 1 heterocycles. The summed E-state index contributed by atoms with van der Waals surface area (Å²) in [6.45, 7) is 4.95. The minimum absolute atomic E-state index is 0.169. The van der Waals surface area contributed by atoms with E-state index in [-0.39, 0.29) is 6.04 Å². The van der Waals surface area contributed by atoms with Crippen LogP contribution in [0.25, 0.3) is 0 Å². The predicted molar refractivity (Wildman–Crippen MR) is 58.7 cm³/mol. The number of hydrogen-bond donors (Lipinski definition) is 1. The van der Waals surface area contributed by atoms with Crippen LogP contribution < -0.4 is 5.32 Å². The highest BCUT2D eigenvalue weighted by atomic mass is 14.9. The molecule has 14 heavy (non-hydrogen) atoms. The zero-order valence-electron chi connectivity index (χ0n) is 8.75. The van der Waals surface area contributed by atoms with Gasteiger partial charge >= 0.3 is 0 Å². The summed E-state index contributed by atoms with van der Waals surface area (Å²) in [5, 5.41) is 3.31. The zero-order chi connectivity index (χ0) is 10.4. The molecule has 1 N–H and O–H groups in total. The number of aromatic nitrogens is 1. The van der Waals surface area contributed by atoms with E-state index in [1.807, 2.05) is 12.3 Å². The van der Waals surface area contributed by atoms with Gasteiger partial charge < -0.3 is 0 Å². The van der Waals surface area contributed by atoms with Crippen molar-refractivity contribution in [1.29, 1.82) is 0 Å². The molecule has 1 aromatic rings. The van der Waals surface area contributed by atoms with Crippen LogP contribution in [0.3, 0.4) is 0 Å². The first-order valence-electron chi connectivity index (χ1n) is 4.87. The first-order chi connectivity index (χ1) is 6.77. The second-order valence-corrected chi connectivity index (χ2v) is 3.31. The summed E-state index contributed by atoms with van der Waals surface area (Å²) in [5.41, 5.74) is 2.46. The van der Waals surface area contributed by atoms with E-state index in [1.54, 1.807) is 6.20 Å². The average molecular weight is 188 g/mol. The van der Waals surface area contributed by atoms with Crippen LogP contribution >= 0.6 is 0 Å². The third kappa shape index (κ3) is 2.86. The largest absolute Gasteiger partial charge is 0.300 e. The van der Waals surface area contributed by atoms with Gasteiger partial charge in [0.05, 0.1) is 6.04 Å². The van der Waals surface area contributed by atoms with Crippen LogP contribution in [0.4, 0.5) is 0 Å². The van der Waals surface area contributed by atoms with Crippen molar-refractivity contribution < 1.29 is 0 Å². The van der Waals surface area contributed by atoms with Gasteiger partial charge in [0.15, 0.2) is 0 Å². The maximum atomic E-state index is 5.36. The highest BCUT2D eigenvalue weighted by Gasteiger charge is 2.02. The Morgan fingerprint density at radius 3 is 3.00 bits per heavy atom. The molecule has 0 aliphatic rings. The summed E-state index contributed by atoms with van der Waals surface area (Å²) >= 11 is 0. The molecule has 0 saturated heterocycles. The molecule has 0 spiro atoms. The Bertz CT molecular complexity index is 325. The molecule has 0 bridgehead atoms. The van der Waals surface area contributed by atoms with Gasteiger partial charge in [-0.1, -0.05) is 12.8 Å². The number of hydrogen-bond acceptors (Lipinski definition) is 2. The Labute approximate surface area is 85.8 Å². The quantitative estimate of drug-likeness (QED) is 0.730. The summed E-state index contributed by atoms with van der Waals surface area (Å²) in [6.07, 6.45) is 9.99. The molecule has 0 aliphatic carbocycles. The molecule has 1 atom stereocenters. The lowest BCUT2D eigenvalue weighted by molar-refractivity contribution is 0.591. The normalized spacial score (nSPS) is 12.1. The lowest BCUT2D eigenvalue weighted by Crippen LogP contribution is -2.26. The third-order valence-corrected chi connectivity index (χ3v) is 2.28. The Kier molecular flexibility index (Phi) is 4.15. The van der Waals surface area contributed by atoms with Crippen LogP contribution in [-0.4, -0.2) is 11.0 Å². The van der Waals surface area contributed by atoms with Gasteiger partial charge in [-0.15, -0.1) is 6.42 Å². The molecule has 0 amide bonds. The fourth-order valence-corrected chi connectivity index (χ4v) is 1.25. The molecule has 1 unspecified atom stereocenters. The molecule has 1 aromatic heterocycles. The molecular weight excluding hydrogens is 172 g/mol. The van der Waals surface area contributed by atoms with E-state index in [4.69, 9.17) is 6.42 Å². The van der Waals surface area contributed by atoms with Gasteiger partial charge in [0.25, 0.3) is 0 Å². The number of rotatable bonds is 4. The second kappa shape index (κ2) is 5.41. The maximum Gasteiger partial charge on any atom is 0.0686 e. The van der Waals surface area contributed by atoms with Crippen LogP contribution in [0.1, 0.15) is 24.5 Å². The smallest absolute Gasteiger partial charge is 0.0686 e. The Hall–Kier alpha value is -1.33. The minimum Gasteiger partial charge on any atom is -0.300 e. The topological polar surface area (TPSA) is 24.9 Å². The summed E-state index contributed by atoms with van der Waals surface area (Å²) in [6, 6.07) is 2.19. The molecule has 0 saturated carbocycles. The lowest BCUT2D eigenvalue weighted by Gasteiger charge is -2.11. The Morgan fingerprint density at radius 1 is 1.64 bits per heavy atom. The van der Waals surface area contributed by atoms with Gasteiger partial charge in [-0.3, -0.25) is 10.3 Å². The first-order valence-corrected chi connectivity index (χ1v) is 4.87. The van der Waals surface area contributed by atoms with Gasteiger partial charge in [-0.25, -0.2) is 0 Å². The standard InChI is InChI=1S/C12H16N2/c1-4-12(5-2)14-9-11-6-7-13-8-10(11)3/h1,6-8,12,14H,5,9H2,2-3H3. The molecule has 1 rings (SSSR count). The second-order valence-electron chi connectivity index (χ2n) is 3.31. The molecule has 2 heteroatoms. The SMILES string of the molecule is C#CC(CC)NCc1ccncc1C. The summed E-state index contributed by atoms with van der Waals surface area (Å²) in [4.78, 5) is 4.04. The molecule has 0 radical (unpaired) electrons. The van der Waals surface area contributed by atoms with Crippen LogP contribution in [0, 0.1) is 19.3 Å². The molecule has 0 aromatic carbocycles. The molecule has 74 valence electrons. The predicted octanol–water partition coefficient (Wildman–Crippen LogP) is 1.89. The lowest BCUT2D eigenvalue weighted by atomic mass is 10.1. The monoisotopic (exact) mass is 188 g/mol. The fourth-order valence-electron chi connectivity index (χ4n) is 1.25. The van der Waals surface area contributed by atoms with Crippen molar-refractivity contribution in [3.63, 3.8) is 0 Å². The zero-order valence-corrected chi connectivity index (χ0v) is 8.75. The first kappa shape index (κ1) is 10.7. The van der Waals surface area contributed by atoms with Crippen molar-refractivity contribution in [3.8, 4) is 12.3 Å². The average Bonchev–Trinajstić information content (AvgIpc) is 2.22. The van der Waals surface area contributed by atoms with E-state index in [9.17, 15) is 0 Å². The number of nitrogens with one attached hydrogen (secondary N) is 1. The van der Waals surface area contributed by atoms with Crippen molar-refractivity contribution in [2.45, 2.75) is 32.9 Å². The molecule has 0 aliphatic heterocycles. The molecule has 0 fully saturated rings. The van der Waals surface area contributed by atoms with Crippen molar-refractivity contribution in [2.75, 3.05) is 0 Å². The summed E-state index contributed by atoms with van der Waals surface area (Å²) in [5.74, 6) is 2.71. The van der Waals surface area contributed by atoms with Gasteiger partial charge in [0, 0.05) is 18.9 Å². The van der Waals surface area contributed by atoms with E-state index >= 15 is 0 Å². The van der Waals surface area contributed by atoms with Gasteiger partial charge in [-0.05, 0) is 30.5 Å².